The molecule has 1 saturated heterocycles. The van der Waals surface area contributed by atoms with Gasteiger partial charge in [0.15, 0.2) is 5.13 Å². The Morgan fingerprint density at radius 2 is 1.76 bits per heavy atom. The first-order chi connectivity index (χ1) is 19.8. The summed E-state index contributed by atoms with van der Waals surface area (Å²) in [6.07, 6.45) is 0.696. The second-order valence-electron chi connectivity index (χ2n) is 10.3. The van der Waals surface area contributed by atoms with Crippen molar-refractivity contribution in [1.29, 1.82) is 0 Å². The second-order valence-corrected chi connectivity index (χ2v) is 13.2. The van der Waals surface area contributed by atoms with Gasteiger partial charge in [0.25, 0.3) is 15.9 Å². The number of ether oxygens (including phenoxy) is 1. The topological polar surface area (TPSA) is 95.1 Å². The first-order valence-corrected chi connectivity index (χ1v) is 16.0. The molecule has 1 fully saturated rings. The first kappa shape index (κ1) is 27.5. The van der Waals surface area contributed by atoms with Crippen LogP contribution in [0.4, 0.5) is 10.8 Å². The third kappa shape index (κ3) is 5.37. The number of rotatable bonds is 8. The SMILES string of the molecule is COc1ccc(C)c2sc(N3CCN(CCNC(=O)c4ccc(S(=O)(=O)N5CCc6ccccc65)cc4)CC3)nc12. The maximum absolute atomic E-state index is 13.2. The lowest BCUT2D eigenvalue weighted by atomic mass is 10.2. The summed E-state index contributed by atoms with van der Waals surface area (Å²) in [6.45, 7) is 7.28. The van der Waals surface area contributed by atoms with Gasteiger partial charge < -0.3 is 15.0 Å². The van der Waals surface area contributed by atoms with Crippen LogP contribution in [0.1, 0.15) is 21.5 Å². The van der Waals surface area contributed by atoms with Gasteiger partial charge in [-0.1, -0.05) is 35.6 Å². The van der Waals surface area contributed by atoms with Crippen LogP contribution in [0, 0.1) is 6.92 Å². The summed E-state index contributed by atoms with van der Waals surface area (Å²) in [4.78, 5) is 22.5. The number of nitrogens with one attached hydrogen (secondary N) is 1. The van der Waals surface area contributed by atoms with E-state index in [0.29, 0.717) is 25.1 Å². The van der Waals surface area contributed by atoms with Crippen molar-refractivity contribution in [3.05, 3.63) is 77.4 Å². The molecular formula is C30H33N5O4S2. The quantitative estimate of drug-likeness (QED) is 0.332. The van der Waals surface area contributed by atoms with E-state index in [1.54, 1.807) is 30.6 Å². The number of piperazine rings is 1. The number of carbonyl (C=O) groups is 1. The number of benzene rings is 3. The molecule has 6 rings (SSSR count). The smallest absolute Gasteiger partial charge is 0.264 e. The number of hydrogen-bond acceptors (Lipinski definition) is 8. The summed E-state index contributed by atoms with van der Waals surface area (Å²) in [5.41, 5.74) is 4.32. The fourth-order valence-corrected chi connectivity index (χ4v) is 8.06. The maximum Gasteiger partial charge on any atom is 0.264 e. The molecule has 41 heavy (non-hydrogen) atoms. The number of nitrogens with zero attached hydrogens (tertiary/aromatic N) is 4. The van der Waals surface area contributed by atoms with Gasteiger partial charge in [-0.25, -0.2) is 13.4 Å². The Bertz CT molecular complexity index is 1680. The Hall–Kier alpha value is -3.67. The van der Waals surface area contributed by atoms with E-state index in [9.17, 15) is 13.2 Å². The molecule has 214 valence electrons. The highest BCUT2D eigenvalue weighted by Crippen LogP contribution is 2.37. The molecule has 11 heteroatoms. The summed E-state index contributed by atoms with van der Waals surface area (Å²) in [7, 11) is -2.01. The lowest BCUT2D eigenvalue weighted by Crippen LogP contribution is -2.48. The van der Waals surface area contributed by atoms with Crippen LogP contribution in [-0.4, -0.2) is 77.1 Å². The van der Waals surface area contributed by atoms with Gasteiger partial charge >= 0.3 is 0 Å². The minimum atomic E-state index is -3.68. The zero-order valence-electron chi connectivity index (χ0n) is 23.2. The number of aromatic nitrogens is 1. The lowest BCUT2D eigenvalue weighted by Gasteiger charge is -2.34. The Morgan fingerprint density at radius 1 is 1.00 bits per heavy atom. The summed E-state index contributed by atoms with van der Waals surface area (Å²) in [6, 6.07) is 17.8. The fourth-order valence-electron chi connectivity index (χ4n) is 5.45. The normalized spacial score (nSPS) is 15.8. The van der Waals surface area contributed by atoms with Crippen LogP contribution < -0.4 is 19.3 Å². The average Bonchev–Trinajstić information content (AvgIpc) is 3.64. The number of sulfonamides is 1. The molecule has 3 heterocycles. The number of thiazole rings is 1. The van der Waals surface area contributed by atoms with Crippen LogP contribution in [0.25, 0.3) is 10.2 Å². The highest BCUT2D eigenvalue weighted by atomic mass is 32.2. The molecule has 1 aromatic heterocycles. The minimum Gasteiger partial charge on any atom is -0.494 e. The van der Waals surface area contributed by atoms with Gasteiger partial charge in [-0.15, -0.1) is 0 Å². The number of anilines is 2. The molecule has 0 spiro atoms. The molecule has 1 N–H and O–H groups in total. The van der Waals surface area contributed by atoms with Crippen molar-refractivity contribution in [3.8, 4) is 5.75 Å². The molecule has 0 aliphatic carbocycles. The number of aryl methyl sites for hydroxylation is 1. The van der Waals surface area contributed by atoms with Crippen LogP contribution in [0.2, 0.25) is 0 Å². The predicted molar refractivity (Wildman–Crippen MR) is 163 cm³/mol. The fraction of sp³-hybridized carbons (Fsp3) is 0.333. The largest absolute Gasteiger partial charge is 0.494 e. The summed E-state index contributed by atoms with van der Waals surface area (Å²) in [5.74, 6) is 0.592. The first-order valence-electron chi connectivity index (χ1n) is 13.8. The molecule has 1 amide bonds. The molecule has 0 unspecified atom stereocenters. The Balaban J connectivity index is 0.999. The van der Waals surface area contributed by atoms with Crippen LogP contribution in [-0.2, 0) is 16.4 Å². The maximum atomic E-state index is 13.2. The predicted octanol–water partition coefficient (Wildman–Crippen LogP) is 3.92. The van der Waals surface area contributed by atoms with Crippen LogP contribution in [0.3, 0.4) is 0 Å². The van der Waals surface area contributed by atoms with Crippen LogP contribution in [0.5, 0.6) is 5.75 Å². The third-order valence-corrected chi connectivity index (χ3v) is 10.9. The summed E-state index contributed by atoms with van der Waals surface area (Å²) < 4.78 is 34.6. The van der Waals surface area contributed by atoms with E-state index in [-0.39, 0.29) is 10.8 Å². The van der Waals surface area contributed by atoms with Gasteiger partial charge in [0.1, 0.15) is 11.3 Å². The Morgan fingerprint density at radius 3 is 2.51 bits per heavy atom. The van der Waals surface area contributed by atoms with Gasteiger partial charge in [-0.3, -0.25) is 14.0 Å². The van der Waals surface area contributed by atoms with Gasteiger partial charge in [-0.2, -0.15) is 0 Å². The number of hydrogen-bond donors (Lipinski definition) is 1. The molecule has 9 nitrogen and oxygen atoms in total. The molecule has 0 saturated carbocycles. The van der Waals surface area contributed by atoms with E-state index in [2.05, 4.69) is 28.1 Å². The van der Waals surface area contributed by atoms with Gasteiger partial charge in [0.05, 0.1) is 22.4 Å². The third-order valence-electron chi connectivity index (χ3n) is 7.82. The lowest BCUT2D eigenvalue weighted by molar-refractivity contribution is 0.0947. The number of methoxy groups -OCH3 is 1. The Labute approximate surface area is 244 Å². The highest BCUT2D eigenvalue weighted by Gasteiger charge is 2.30. The molecule has 0 radical (unpaired) electrons. The monoisotopic (exact) mass is 591 g/mol. The Kier molecular flexibility index (Phi) is 7.58. The van der Waals surface area contributed by atoms with E-state index in [1.165, 1.54) is 22.0 Å². The van der Waals surface area contributed by atoms with Crippen molar-refractivity contribution >= 4 is 48.3 Å². The molecule has 0 bridgehead atoms. The summed E-state index contributed by atoms with van der Waals surface area (Å²) in [5, 5.41) is 3.99. The molecule has 2 aliphatic heterocycles. The van der Waals surface area contributed by atoms with E-state index < -0.39 is 10.0 Å². The zero-order chi connectivity index (χ0) is 28.6. The number of para-hydroxylation sites is 1. The summed E-state index contributed by atoms with van der Waals surface area (Å²) >= 11 is 1.71. The van der Waals surface area contributed by atoms with Crippen LogP contribution in [0.15, 0.2) is 65.6 Å². The van der Waals surface area contributed by atoms with E-state index in [4.69, 9.17) is 9.72 Å². The van der Waals surface area contributed by atoms with Crippen molar-refractivity contribution in [1.82, 2.24) is 15.2 Å². The van der Waals surface area contributed by atoms with Crippen molar-refractivity contribution in [2.24, 2.45) is 0 Å². The van der Waals surface area contributed by atoms with Crippen molar-refractivity contribution in [2.45, 2.75) is 18.2 Å². The van der Waals surface area contributed by atoms with E-state index in [0.717, 1.165) is 65.1 Å². The minimum absolute atomic E-state index is 0.186. The molecule has 3 aromatic carbocycles. The van der Waals surface area contributed by atoms with Gasteiger partial charge in [-0.05, 0) is 60.9 Å². The molecule has 2 aliphatic rings. The zero-order valence-corrected chi connectivity index (χ0v) is 24.8. The van der Waals surface area contributed by atoms with Gasteiger partial charge in [0, 0.05) is 51.4 Å². The van der Waals surface area contributed by atoms with E-state index in [1.807, 2.05) is 30.3 Å². The van der Waals surface area contributed by atoms with Gasteiger partial charge in [0.2, 0.25) is 0 Å². The standard InChI is InChI=1S/C30H33N5O4S2/c1-21-7-12-26(39-2)27-28(21)40-30(32-27)34-19-17-33(18-20-34)16-14-31-29(36)23-8-10-24(11-9-23)41(37,38)35-15-13-22-5-3-4-6-25(22)35/h3-12H,13-20H2,1-2H3,(H,31,36). The highest BCUT2D eigenvalue weighted by molar-refractivity contribution is 7.92. The second kappa shape index (κ2) is 11.3. The molecule has 4 aromatic rings. The van der Waals surface area contributed by atoms with E-state index >= 15 is 0 Å². The molecular weight excluding hydrogens is 558 g/mol. The van der Waals surface area contributed by atoms with Crippen molar-refractivity contribution in [3.63, 3.8) is 0 Å². The van der Waals surface area contributed by atoms with Crippen molar-refractivity contribution in [2.75, 3.05) is 62.1 Å². The molecule has 0 atom stereocenters. The average molecular weight is 592 g/mol. The number of carbonyl (C=O) groups excluding carboxylic acids is 1. The van der Waals surface area contributed by atoms with Crippen LogP contribution >= 0.6 is 11.3 Å². The van der Waals surface area contributed by atoms with Crippen molar-refractivity contribution < 1.29 is 17.9 Å². The number of fused-ring (bicyclic) bond motifs is 2. The number of amides is 1.